The lowest BCUT2D eigenvalue weighted by Gasteiger charge is -2.16. The summed E-state index contributed by atoms with van der Waals surface area (Å²) >= 11 is 0. The van der Waals surface area contributed by atoms with E-state index in [0.717, 1.165) is 17.0 Å². The number of benzene rings is 1. The first-order valence-corrected chi connectivity index (χ1v) is 6.61. The van der Waals surface area contributed by atoms with Crippen molar-refractivity contribution in [3.8, 4) is 22.7 Å². The zero-order chi connectivity index (χ0) is 15.0. The molecule has 1 aromatic carbocycles. The minimum atomic E-state index is -0.219. The first-order chi connectivity index (χ1) is 9.97. The molecule has 21 heavy (non-hydrogen) atoms. The smallest absolute Gasteiger partial charge is 0.168 e. The Morgan fingerprint density at radius 2 is 1.86 bits per heavy atom. The van der Waals surface area contributed by atoms with Gasteiger partial charge in [0.15, 0.2) is 5.76 Å². The van der Waals surface area contributed by atoms with E-state index in [0.29, 0.717) is 5.69 Å². The summed E-state index contributed by atoms with van der Waals surface area (Å²) in [4.78, 5) is 3.99. The molecule has 0 aliphatic heterocycles. The average Bonchev–Trinajstić information content (AvgIpc) is 3.07. The van der Waals surface area contributed by atoms with Crippen LogP contribution < -0.4 is 0 Å². The lowest BCUT2D eigenvalue weighted by atomic mass is 9.91. The van der Waals surface area contributed by atoms with Crippen molar-refractivity contribution in [2.45, 2.75) is 26.2 Å². The van der Waals surface area contributed by atoms with Gasteiger partial charge in [0.05, 0.1) is 0 Å². The standard InChI is InChI=1S/C15H16N4O2/c1-15(2,3)14-13(19-9-16-8-17-19)12(18-21-14)10-4-6-11(20)7-5-10/h4-9,20H,1-3H3. The second-order valence-corrected chi connectivity index (χ2v) is 5.85. The van der Waals surface area contributed by atoms with E-state index in [1.54, 1.807) is 35.3 Å². The highest BCUT2D eigenvalue weighted by molar-refractivity contribution is 5.70. The van der Waals surface area contributed by atoms with Crippen LogP contribution in [-0.2, 0) is 5.41 Å². The molecule has 6 nitrogen and oxygen atoms in total. The maximum absolute atomic E-state index is 9.42. The minimum Gasteiger partial charge on any atom is -0.508 e. The maximum Gasteiger partial charge on any atom is 0.168 e. The molecule has 0 radical (unpaired) electrons. The zero-order valence-corrected chi connectivity index (χ0v) is 12.1. The van der Waals surface area contributed by atoms with Crippen molar-refractivity contribution in [2.75, 3.05) is 0 Å². The molecule has 108 valence electrons. The number of nitrogens with zero attached hydrogens (tertiary/aromatic N) is 4. The summed E-state index contributed by atoms with van der Waals surface area (Å²) in [5, 5.41) is 17.8. The van der Waals surface area contributed by atoms with E-state index in [-0.39, 0.29) is 11.2 Å². The SMILES string of the molecule is CC(C)(C)c1onc(-c2ccc(O)cc2)c1-n1cncn1. The van der Waals surface area contributed by atoms with Gasteiger partial charge in [-0.15, -0.1) is 0 Å². The van der Waals surface area contributed by atoms with Gasteiger partial charge in [-0.3, -0.25) is 0 Å². The molecule has 0 fully saturated rings. The highest BCUT2D eigenvalue weighted by Crippen LogP contribution is 2.35. The van der Waals surface area contributed by atoms with Crippen LogP contribution in [0.2, 0.25) is 0 Å². The summed E-state index contributed by atoms with van der Waals surface area (Å²) in [5.74, 6) is 0.941. The summed E-state index contributed by atoms with van der Waals surface area (Å²) in [5.41, 5.74) is 2.07. The van der Waals surface area contributed by atoms with Crippen LogP contribution in [0.25, 0.3) is 16.9 Å². The Hall–Kier alpha value is -2.63. The largest absolute Gasteiger partial charge is 0.508 e. The molecule has 0 amide bonds. The van der Waals surface area contributed by atoms with Crippen LogP contribution in [0.4, 0.5) is 0 Å². The lowest BCUT2D eigenvalue weighted by Crippen LogP contribution is -2.14. The molecular weight excluding hydrogens is 268 g/mol. The molecule has 2 heterocycles. The third kappa shape index (κ3) is 2.40. The van der Waals surface area contributed by atoms with Crippen LogP contribution in [0, 0.1) is 0 Å². The monoisotopic (exact) mass is 284 g/mol. The number of phenols is 1. The van der Waals surface area contributed by atoms with Gasteiger partial charge < -0.3 is 9.63 Å². The summed E-state index contributed by atoms with van der Waals surface area (Å²) in [6.07, 6.45) is 3.09. The normalized spacial score (nSPS) is 11.8. The summed E-state index contributed by atoms with van der Waals surface area (Å²) < 4.78 is 7.22. The maximum atomic E-state index is 9.42. The van der Waals surface area contributed by atoms with Gasteiger partial charge >= 0.3 is 0 Å². The van der Waals surface area contributed by atoms with E-state index in [4.69, 9.17) is 4.52 Å². The molecule has 1 N–H and O–H groups in total. The van der Waals surface area contributed by atoms with Crippen LogP contribution in [-0.4, -0.2) is 25.0 Å². The first-order valence-electron chi connectivity index (χ1n) is 6.61. The van der Waals surface area contributed by atoms with Gasteiger partial charge in [0, 0.05) is 11.0 Å². The van der Waals surface area contributed by atoms with Crippen molar-refractivity contribution in [3.05, 3.63) is 42.7 Å². The highest BCUT2D eigenvalue weighted by Gasteiger charge is 2.29. The predicted octanol–water partition coefficient (Wildman–Crippen LogP) is 2.93. The van der Waals surface area contributed by atoms with Gasteiger partial charge in [-0.1, -0.05) is 25.9 Å². The lowest BCUT2D eigenvalue weighted by molar-refractivity contribution is 0.329. The first kappa shape index (κ1) is 13.4. The van der Waals surface area contributed by atoms with E-state index in [2.05, 4.69) is 36.0 Å². The molecule has 0 unspecified atom stereocenters. The molecular formula is C15H16N4O2. The van der Waals surface area contributed by atoms with Gasteiger partial charge in [0.2, 0.25) is 0 Å². The number of phenolic OH excluding ortho intramolecular Hbond substituents is 1. The van der Waals surface area contributed by atoms with Crippen LogP contribution >= 0.6 is 0 Å². The van der Waals surface area contributed by atoms with Gasteiger partial charge in [0.25, 0.3) is 0 Å². The second kappa shape index (κ2) is 4.73. The summed E-state index contributed by atoms with van der Waals surface area (Å²) in [7, 11) is 0. The Balaban J connectivity index is 2.22. The van der Waals surface area contributed by atoms with E-state index >= 15 is 0 Å². The highest BCUT2D eigenvalue weighted by atomic mass is 16.5. The molecule has 0 saturated heterocycles. The Kier molecular flexibility index (Phi) is 3.01. The number of hydrogen-bond acceptors (Lipinski definition) is 5. The zero-order valence-electron chi connectivity index (χ0n) is 12.1. The van der Waals surface area contributed by atoms with Crippen molar-refractivity contribution < 1.29 is 9.63 Å². The third-order valence-electron chi connectivity index (χ3n) is 3.14. The van der Waals surface area contributed by atoms with E-state index in [1.165, 1.54) is 6.33 Å². The molecule has 3 rings (SSSR count). The van der Waals surface area contributed by atoms with E-state index in [9.17, 15) is 5.11 Å². The molecule has 6 heteroatoms. The predicted molar refractivity (Wildman–Crippen MR) is 77.2 cm³/mol. The van der Waals surface area contributed by atoms with Gasteiger partial charge in [-0.25, -0.2) is 9.67 Å². The van der Waals surface area contributed by atoms with Crippen LogP contribution in [0.1, 0.15) is 26.5 Å². The summed E-state index contributed by atoms with van der Waals surface area (Å²) in [6, 6.07) is 6.82. The van der Waals surface area contributed by atoms with Crippen LogP contribution in [0.5, 0.6) is 5.75 Å². The second-order valence-electron chi connectivity index (χ2n) is 5.85. The molecule has 0 aliphatic carbocycles. The molecule has 0 spiro atoms. The Morgan fingerprint density at radius 1 is 1.14 bits per heavy atom. The topological polar surface area (TPSA) is 77.0 Å². The van der Waals surface area contributed by atoms with Gasteiger partial charge in [-0.05, 0) is 24.3 Å². The van der Waals surface area contributed by atoms with Crippen LogP contribution in [0.3, 0.4) is 0 Å². The van der Waals surface area contributed by atoms with Crippen molar-refractivity contribution in [3.63, 3.8) is 0 Å². The van der Waals surface area contributed by atoms with Gasteiger partial charge in [0.1, 0.15) is 29.8 Å². The quantitative estimate of drug-likeness (QED) is 0.783. The van der Waals surface area contributed by atoms with Crippen molar-refractivity contribution in [1.82, 2.24) is 19.9 Å². The Morgan fingerprint density at radius 3 is 2.43 bits per heavy atom. The molecule has 0 saturated carbocycles. The fourth-order valence-electron chi connectivity index (χ4n) is 2.12. The Labute approximate surface area is 122 Å². The summed E-state index contributed by atoms with van der Waals surface area (Å²) in [6.45, 7) is 6.15. The van der Waals surface area contributed by atoms with Crippen LogP contribution in [0.15, 0.2) is 41.4 Å². The molecule has 0 aliphatic rings. The molecule has 0 bridgehead atoms. The average molecular weight is 284 g/mol. The van der Waals surface area contributed by atoms with Gasteiger partial charge in [-0.2, -0.15) is 5.10 Å². The van der Waals surface area contributed by atoms with E-state index in [1.807, 2.05) is 0 Å². The minimum absolute atomic E-state index is 0.209. The number of rotatable bonds is 2. The van der Waals surface area contributed by atoms with Crippen molar-refractivity contribution >= 4 is 0 Å². The third-order valence-corrected chi connectivity index (χ3v) is 3.14. The Bertz CT molecular complexity index is 737. The fraction of sp³-hybridized carbons (Fsp3) is 0.267. The van der Waals surface area contributed by atoms with Crippen molar-refractivity contribution in [2.24, 2.45) is 0 Å². The van der Waals surface area contributed by atoms with E-state index < -0.39 is 0 Å². The molecule has 2 aromatic heterocycles. The number of aromatic hydroxyl groups is 1. The molecule has 0 atom stereocenters. The number of hydrogen-bond donors (Lipinski definition) is 1. The van der Waals surface area contributed by atoms with Crippen molar-refractivity contribution in [1.29, 1.82) is 0 Å². The molecule has 3 aromatic rings. The fourth-order valence-corrected chi connectivity index (χ4v) is 2.12. The number of aromatic nitrogens is 4.